The summed E-state index contributed by atoms with van der Waals surface area (Å²) in [6.45, 7) is 2.27. The van der Waals surface area contributed by atoms with Gasteiger partial charge < -0.3 is 5.10 Å². The number of H-pyrrole nitrogens is 1. The molecule has 2 rings (SSSR count). The van der Waals surface area contributed by atoms with E-state index in [0.29, 0.717) is 12.1 Å². The van der Waals surface area contributed by atoms with Crippen LogP contribution in [0.5, 0.6) is 0 Å². The molecule has 0 amide bonds. The maximum Gasteiger partial charge on any atom is 0.313 e. The number of aromatic amines is 1. The molecule has 4 nitrogen and oxygen atoms in total. The molecular weight excluding hydrogens is 204 g/mol. The Morgan fingerprint density at radius 1 is 1.19 bits per heavy atom. The summed E-state index contributed by atoms with van der Waals surface area (Å²) >= 11 is 0. The Labute approximate surface area is 92.2 Å². The maximum absolute atomic E-state index is 11.8. The summed E-state index contributed by atoms with van der Waals surface area (Å²) in [5.41, 5.74) is 0.190. The Morgan fingerprint density at radius 3 is 2.50 bits per heavy atom. The van der Waals surface area contributed by atoms with Gasteiger partial charge in [-0.25, -0.2) is 0 Å². The quantitative estimate of drug-likeness (QED) is 0.767. The van der Waals surface area contributed by atoms with Crippen molar-refractivity contribution in [3.63, 3.8) is 0 Å². The first-order chi connectivity index (χ1) is 7.74. The van der Waals surface area contributed by atoms with Gasteiger partial charge in [-0.3, -0.25) is 14.3 Å². The average Bonchev–Trinajstić information content (AvgIpc) is 2.34. The van der Waals surface area contributed by atoms with Crippen LogP contribution in [-0.2, 0) is 6.54 Å². The van der Waals surface area contributed by atoms with Crippen LogP contribution in [0.3, 0.4) is 0 Å². The predicted octanol–water partition coefficient (Wildman–Crippen LogP) is 1.22. The molecule has 82 valence electrons. The lowest BCUT2D eigenvalue weighted by Gasteiger charge is -2.04. The second-order valence-corrected chi connectivity index (χ2v) is 3.43. The fourth-order valence-corrected chi connectivity index (χ4v) is 1.57. The Balaban J connectivity index is 2.66. The van der Waals surface area contributed by atoms with Gasteiger partial charge in [0.15, 0.2) is 0 Å². The van der Waals surface area contributed by atoms with Gasteiger partial charge in [-0.05, 0) is 12.5 Å². The van der Waals surface area contributed by atoms with Crippen LogP contribution in [0.15, 0.2) is 46.1 Å². The highest BCUT2D eigenvalue weighted by molar-refractivity contribution is 5.61. The second kappa shape index (κ2) is 4.18. The lowest BCUT2D eigenvalue weighted by Crippen LogP contribution is -2.36. The minimum atomic E-state index is -0.510. The minimum Gasteiger partial charge on any atom is -0.302 e. The standard InChI is InChI=1S/C12H12N2O2/c1-2-14-12(16)11(15)10(8-13-14)9-6-4-3-5-7-9/h3-8,13H,2H2,1H3. The van der Waals surface area contributed by atoms with Gasteiger partial charge >= 0.3 is 5.56 Å². The minimum absolute atomic E-state index is 0.412. The van der Waals surface area contributed by atoms with Crippen LogP contribution < -0.4 is 11.0 Å². The van der Waals surface area contributed by atoms with Crippen LogP contribution in [-0.4, -0.2) is 9.78 Å². The van der Waals surface area contributed by atoms with Gasteiger partial charge in [-0.15, -0.1) is 0 Å². The number of rotatable bonds is 2. The molecule has 0 spiro atoms. The van der Waals surface area contributed by atoms with Crippen LogP contribution in [0.4, 0.5) is 0 Å². The molecule has 1 N–H and O–H groups in total. The van der Waals surface area contributed by atoms with E-state index in [1.807, 2.05) is 18.2 Å². The van der Waals surface area contributed by atoms with E-state index in [2.05, 4.69) is 5.10 Å². The predicted molar refractivity (Wildman–Crippen MR) is 62.4 cm³/mol. The van der Waals surface area contributed by atoms with Crippen molar-refractivity contribution in [2.75, 3.05) is 0 Å². The third-order valence-electron chi connectivity index (χ3n) is 2.45. The first kappa shape index (κ1) is 10.4. The molecule has 0 radical (unpaired) electrons. The number of benzene rings is 1. The van der Waals surface area contributed by atoms with E-state index >= 15 is 0 Å². The number of hydrogen-bond acceptors (Lipinski definition) is 2. The Hall–Kier alpha value is -2.10. The Kier molecular flexibility index (Phi) is 2.72. The van der Waals surface area contributed by atoms with Crippen molar-refractivity contribution in [3.05, 3.63) is 57.1 Å². The van der Waals surface area contributed by atoms with E-state index in [9.17, 15) is 9.59 Å². The maximum atomic E-state index is 11.8. The van der Waals surface area contributed by atoms with E-state index < -0.39 is 11.0 Å². The van der Waals surface area contributed by atoms with Gasteiger partial charge in [-0.2, -0.15) is 0 Å². The van der Waals surface area contributed by atoms with Crippen LogP contribution in [0.25, 0.3) is 11.1 Å². The third-order valence-corrected chi connectivity index (χ3v) is 2.45. The van der Waals surface area contributed by atoms with Gasteiger partial charge in [0.1, 0.15) is 0 Å². The van der Waals surface area contributed by atoms with Crippen molar-refractivity contribution < 1.29 is 0 Å². The molecule has 1 aromatic heterocycles. The zero-order valence-electron chi connectivity index (χ0n) is 8.93. The van der Waals surface area contributed by atoms with E-state index in [4.69, 9.17) is 0 Å². The highest BCUT2D eigenvalue weighted by atomic mass is 16.2. The molecule has 0 aliphatic heterocycles. The molecule has 16 heavy (non-hydrogen) atoms. The summed E-state index contributed by atoms with van der Waals surface area (Å²) in [4.78, 5) is 23.4. The van der Waals surface area contributed by atoms with Gasteiger partial charge in [-0.1, -0.05) is 30.3 Å². The third kappa shape index (κ3) is 1.69. The fourth-order valence-electron chi connectivity index (χ4n) is 1.57. The molecule has 2 aromatic rings. The summed E-state index contributed by atoms with van der Waals surface area (Å²) < 4.78 is 1.29. The molecule has 0 fully saturated rings. The summed E-state index contributed by atoms with van der Waals surface area (Å²) in [7, 11) is 0. The van der Waals surface area contributed by atoms with Crippen LogP contribution >= 0.6 is 0 Å². The number of nitrogens with one attached hydrogen (secondary N) is 1. The van der Waals surface area contributed by atoms with Gasteiger partial charge in [0.05, 0.1) is 5.56 Å². The normalized spacial score (nSPS) is 10.3. The summed E-state index contributed by atoms with van der Waals surface area (Å²) in [5.74, 6) is 0. The number of aromatic nitrogens is 2. The number of aryl methyl sites for hydroxylation is 1. The molecule has 0 saturated carbocycles. The van der Waals surface area contributed by atoms with E-state index in [0.717, 1.165) is 5.56 Å². The van der Waals surface area contributed by atoms with Crippen LogP contribution in [0.1, 0.15) is 6.92 Å². The largest absolute Gasteiger partial charge is 0.313 e. The van der Waals surface area contributed by atoms with Crippen molar-refractivity contribution in [2.45, 2.75) is 13.5 Å². The first-order valence-corrected chi connectivity index (χ1v) is 5.12. The van der Waals surface area contributed by atoms with Crippen molar-refractivity contribution >= 4 is 0 Å². The molecule has 0 aliphatic rings. The van der Waals surface area contributed by atoms with Gasteiger partial charge in [0.2, 0.25) is 0 Å². The lowest BCUT2D eigenvalue weighted by atomic mass is 10.1. The van der Waals surface area contributed by atoms with Crippen molar-refractivity contribution in [2.24, 2.45) is 0 Å². The van der Waals surface area contributed by atoms with Crippen molar-refractivity contribution in [3.8, 4) is 11.1 Å². The Bertz CT molecular complexity index is 596. The van der Waals surface area contributed by atoms with Crippen molar-refractivity contribution in [1.29, 1.82) is 0 Å². The SMILES string of the molecule is CCn1[nH]cc(-c2ccccc2)c(=O)c1=O. The molecule has 0 aliphatic carbocycles. The molecule has 4 heteroatoms. The second-order valence-electron chi connectivity index (χ2n) is 3.43. The monoisotopic (exact) mass is 216 g/mol. The van der Waals surface area contributed by atoms with Crippen molar-refractivity contribution in [1.82, 2.24) is 9.78 Å². The molecule has 1 heterocycles. The zero-order chi connectivity index (χ0) is 11.5. The van der Waals surface area contributed by atoms with E-state index in [1.165, 1.54) is 4.68 Å². The number of hydrogen-bond donors (Lipinski definition) is 1. The highest BCUT2D eigenvalue weighted by Crippen LogP contribution is 2.11. The summed E-state index contributed by atoms with van der Waals surface area (Å²) in [6, 6.07) is 9.14. The molecule has 0 unspecified atom stereocenters. The molecule has 0 saturated heterocycles. The molecule has 0 bridgehead atoms. The van der Waals surface area contributed by atoms with E-state index in [1.54, 1.807) is 25.3 Å². The Morgan fingerprint density at radius 2 is 1.88 bits per heavy atom. The smallest absolute Gasteiger partial charge is 0.302 e. The summed E-state index contributed by atoms with van der Waals surface area (Å²) in [5, 5.41) is 2.80. The van der Waals surface area contributed by atoms with Crippen LogP contribution in [0.2, 0.25) is 0 Å². The molecule has 1 aromatic carbocycles. The topological polar surface area (TPSA) is 54.9 Å². The lowest BCUT2D eigenvalue weighted by molar-refractivity contribution is 0.611. The van der Waals surface area contributed by atoms with Gasteiger partial charge in [0.25, 0.3) is 5.43 Å². The van der Waals surface area contributed by atoms with Crippen LogP contribution in [0, 0.1) is 0 Å². The fraction of sp³-hybridized carbons (Fsp3) is 0.167. The van der Waals surface area contributed by atoms with E-state index in [-0.39, 0.29) is 0 Å². The average molecular weight is 216 g/mol. The van der Waals surface area contributed by atoms with Gasteiger partial charge in [0, 0.05) is 12.7 Å². The zero-order valence-corrected chi connectivity index (χ0v) is 8.93. The molecule has 0 atom stereocenters. The highest BCUT2D eigenvalue weighted by Gasteiger charge is 2.07. The molecular formula is C12H12N2O2. The first-order valence-electron chi connectivity index (χ1n) is 5.12. The summed E-state index contributed by atoms with van der Waals surface area (Å²) in [6.07, 6.45) is 1.57. The number of nitrogens with zero attached hydrogens (tertiary/aromatic N) is 1.